The van der Waals surface area contributed by atoms with E-state index < -0.39 is 7.32 Å². The van der Waals surface area contributed by atoms with Crippen LogP contribution in [0.5, 0.6) is 5.75 Å². The van der Waals surface area contributed by atoms with Gasteiger partial charge in [-0.05, 0) is 26.2 Å². The van der Waals surface area contributed by atoms with Gasteiger partial charge in [-0.15, -0.1) is 0 Å². The van der Waals surface area contributed by atoms with E-state index in [1.807, 2.05) is 32.3 Å². The average molecular weight is 195 g/mol. The maximum Gasteiger partial charge on any atom is 0.711 e. The van der Waals surface area contributed by atoms with Crippen LogP contribution in [-0.2, 0) is 4.65 Å². The molecule has 1 rings (SSSR count). The standard InChI is InChI=1S/C9H14BNO3/c1-11(2)8-13-10(12)14-9-6-4-3-5-7-9/h3-7,12H,8H2,1-2H3. The smallest absolute Gasteiger partial charge is 0.512 e. The van der Waals surface area contributed by atoms with E-state index >= 15 is 0 Å². The maximum atomic E-state index is 9.28. The molecule has 0 radical (unpaired) electrons. The summed E-state index contributed by atoms with van der Waals surface area (Å²) in [5, 5.41) is 9.28. The van der Waals surface area contributed by atoms with Crippen molar-refractivity contribution in [1.82, 2.24) is 4.90 Å². The fourth-order valence-electron chi connectivity index (χ4n) is 0.862. The zero-order valence-electron chi connectivity index (χ0n) is 8.38. The van der Waals surface area contributed by atoms with Crippen LogP contribution >= 0.6 is 0 Å². The zero-order chi connectivity index (χ0) is 10.4. The van der Waals surface area contributed by atoms with Gasteiger partial charge in [0.2, 0.25) is 0 Å². The number of nitrogens with zero attached hydrogens (tertiary/aromatic N) is 1. The van der Waals surface area contributed by atoms with Crippen molar-refractivity contribution in [3.05, 3.63) is 30.3 Å². The Bertz CT molecular complexity index is 255. The van der Waals surface area contributed by atoms with Crippen LogP contribution in [0.15, 0.2) is 30.3 Å². The summed E-state index contributed by atoms with van der Waals surface area (Å²) in [6.07, 6.45) is 0. The molecule has 0 saturated heterocycles. The first-order valence-corrected chi connectivity index (χ1v) is 4.34. The predicted molar refractivity (Wildman–Crippen MR) is 54.7 cm³/mol. The van der Waals surface area contributed by atoms with E-state index in [0.29, 0.717) is 12.5 Å². The summed E-state index contributed by atoms with van der Waals surface area (Å²) < 4.78 is 10.0. The molecule has 0 saturated carbocycles. The van der Waals surface area contributed by atoms with E-state index in [-0.39, 0.29) is 0 Å². The van der Waals surface area contributed by atoms with Crippen molar-refractivity contribution in [2.75, 3.05) is 20.8 Å². The molecule has 14 heavy (non-hydrogen) atoms. The molecule has 0 atom stereocenters. The summed E-state index contributed by atoms with van der Waals surface area (Å²) in [6.45, 7) is 0.313. The molecular weight excluding hydrogens is 181 g/mol. The third-order valence-electron chi connectivity index (χ3n) is 1.46. The van der Waals surface area contributed by atoms with Gasteiger partial charge in [-0.25, -0.2) is 0 Å². The summed E-state index contributed by atoms with van der Waals surface area (Å²) in [5.74, 6) is 0.582. The van der Waals surface area contributed by atoms with Crippen LogP contribution in [0.3, 0.4) is 0 Å². The fraction of sp³-hybridized carbons (Fsp3) is 0.333. The first-order chi connectivity index (χ1) is 6.68. The van der Waals surface area contributed by atoms with Crippen molar-refractivity contribution < 1.29 is 14.3 Å². The van der Waals surface area contributed by atoms with Crippen molar-refractivity contribution in [3.63, 3.8) is 0 Å². The Morgan fingerprint density at radius 1 is 1.29 bits per heavy atom. The second-order valence-electron chi connectivity index (χ2n) is 3.11. The SMILES string of the molecule is CN(C)COB(O)Oc1ccccc1. The Hall–Kier alpha value is -1.04. The van der Waals surface area contributed by atoms with Gasteiger partial charge in [-0.3, -0.25) is 4.90 Å². The lowest BCUT2D eigenvalue weighted by molar-refractivity contribution is 0.117. The van der Waals surface area contributed by atoms with Crippen molar-refractivity contribution in [3.8, 4) is 5.75 Å². The molecule has 0 aromatic heterocycles. The van der Waals surface area contributed by atoms with E-state index in [1.54, 1.807) is 17.0 Å². The molecule has 1 N–H and O–H groups in total. The lowest BCUT2D eigenvalue weighted by atomic mass is 10.2. The van der Waals surface area contributed by atoms with Crippen molar-refractivity contribution in [2.24, 2.45) is 0 Å². The molecule has 0 amide bonds. The van der Waals surface area contributed by atoms with Crippen LogP contribution < -0.4 is 4.65 Å². The van der Waals surface area contributed by atoms with Crippen molar-refractivity contribution in [1.29, 1.82) is 0 Å². The van der Waals surface area contributed by atoms with E-state index in [0.717, 1.165) is 0 Å². The highest BCUT2D eigenvalue weighted by Gasteiger charge is 2.17. The normalized spacial score (nSPS) is 10.3. The predicted octanol–water partition coefficient (Wildman–Crippen LogP) is 0.578. The molecule has 5 heteroatoms. The number of hydrogen-bond acceptors (Lipinski definition) is 4. The summed E-state index contributed by atoms with van der Waals surface area (Å²) in [5.41, 5.74) is 0. The highest BCUT2D eigenvalue weighted by atomic mass is 16.7. The number of para-hydroxylation sites is 1. The number of rotatable bonds is 5. The summed E-state index contributed by atoms with van der Waals surface area (Å²) in [6, 6.07) is 9.03. The highest BCUT2D eigenvalue weighted by Crippen LogP contribution is 2.08. The fourth-order valence-corrected chi connectivity index (χ4v) is 0.862. The second-order valence-corrected chi connectivity index (χ2v) is 3.11. The van der Waals surface area contributed by atoms with Crippen LogP contribution in [-0.4, -0.2) is 38.1 Å². The monoisotopic (exact) mass is 195 g/mol. The van der Waals surface area contributed by atoms with Crippen molar-refractivity contribution in [2.45, 2.75) is 0 Å². The van der Waals surface area contributed by atoms with E-state index in [4.69, 9.17) is 9.31 Å². The Labute approximate surface area is 84.2 Å². The first kappa shape index (κ1) is 11.0. The van der Waals surface area contributed by atoms with Crippen LogP contribution in [0.1, 0.15) is 0 Å². The molecule has 76 valence electrons. The molecule has 0 heterocycles. The molecule has 0 aliphatic heterocycles. The van der Waals surface area contributed by atoms with Crippen molar-refractivity contribution >= 4 is 7.32 Å². The minimum atomic E-state index is -1.22. The van der Waals surface area contributed by atoms with Gasteiger partial charge in [0.15, 0.2) is 0 Å². The Morgan fingerprint density at radius 3 is 2.50 bits per heavy atom. The Morgan fingerprint density at radius 2 is 1.93 bits per heavy atom. The molecule has 0 bridgehead atoms. The van der Waals surface area contributed by atoms with Crippen LogP contribution in [0.2, 0.25) is 0 Å². The maximum absolute atomic E-state index is 9.28. The topological polar surface area (TPSA) is 41.9 Å². The summed E-state index contributed by atoms with van der Waals surface area (Å²) in [7, 11) is 2.46. The van der Waals surface area contributed by atoms with Crippen LogP contribution in [0.4, 0.5) is 0 Å². The molecule has 0 aliphatic rings. The third-order valence-corrected chi connectivity index (χ3v) is 1.46. The molecule has 1 aromatic rings. The van der Waals surface area contributed by atoms with Gasteiger partial charge in [-0.2, -0.15) is 0 Å². The first-order valence-electron chi connectivity index (χ1n) is 4.34. The molecular formula is C9H14BNO3. The van der Waals surface area contributed by atoms with Gasteiger partial charge in [-0.1, -0.05) is 18.2 Å². The molecule has 4 nitrogen and oxygen atoms in total. The van der Waals surface area contributed by atoms with E-state index in [9.17, 15) is 5.02 Å². The molecule has 0 spiro atoms. The Kier molecular flexibility index (Phi) is 4.45. The molecule has 0 aliphatic carbocycles. The molecule has 1 aromatic carbocycles. The van der Waals surface area contributed by atoms with Gasteiger partial charge in [0.05, 0.1) is 6.73 Å². The molecule has 0 unspecified atom stereocenters. The van der Waals surface area contributed by atoms with Crippen LogP contribution in [0, 0.1) is 0 Å². The van der Waals surface area contributed by atoms with Gasteiger partial charge in [0, 0.05) is 0 Å². The lowest BCUT2D eigenvalue weighted by Gasteiger charge is -2.13. The number of benzene rings is 1. The molecule has 0 fully saturated rings. The van der Waals surface area contributed by atoms with Gasteiger partial charge in [0.1, 0.15) is 5.75 Å². The highest BCUT2D eigenvalue weighted by molar-refractivity contribution is 6.35. The second kappa shape index (κ2) is 5.64. The summed E-state index contributed by atoms with van der Waals surface area (Å²) in [4.78, 5) is 1.79. The van der Waals surface area contributed by atoms with Crippen LogP contribution in [0.25, 0.3) is 0 Å². The Balaban J connectivity index is 2.30. The van der Waals surface area contributed by atoms with E-state index in [1.165, 1.54) is 0 Å². The average Bonchev–Trinajstić information content (AvgIpc) is 2.16. The quantitative estimate of drug-likeness (QED) is 0.551. The lowest BCUT2D eigenvalue weighted by Crippen LogP contribution is -2.31. The van der Waals surface area contributed by atoms with Gasteiger partial charge < -0.3 is 14.3 Å². The minimum Gasteiger partial charge on any atom is -0.512 e. The summed E-state index contributed by atoms with van der Waals surface area (Å²) >= 11 is 0. The zero-order valence-corrected chi connectivity index (χ0v) is 8.38. The third kappa shape index (κ3) is 4.27. The minimum absolute atomic E-state index is 0.313. The largest absolute Gasteiger partial charge is 0.711 e. The van der Waals surface area contributed by atoms with Gasteiger partial charge >= 0.3 is 7.32 Å². The van der Waals surface area contributed by atoms with Gasteiger partial charge in [0.25, 0.3) is 0 Å². The number of hydrogen-bond donors (Lipinski definition) is 1. The van der Waals surface area contributed by atoms with E-state index in [2.05, 4.69) is 0 Å².